The number of unbranched alkanes of at least 4 members (excludes halogenated alkanes) is 2. The van der Waals surface area contributed by atoms with Gasteiger partial charge in [-0.25, -0.2) is 9.78 Å². The zero-order valence-corrected chi connectivity index (χ0v) is 17.5. The van der Waals surface area contributed by atoms with Crippen molar-refractivity contribution in [1.82, 2.24) is 9.88 Å². The van der Waals surface area contributed by atoms with Gasteiger partial charge in [0.15, 0.2) is 5.69 Å². The summed E-state index contributed by atoms with van der Waals surface area (Å²) in [5.74, 6) is -0.372. The molecule has 1 saturated carbocycles. The number of esters is 1. The lowest BCUT2D eigenvalue weighted by molar-refractivity contribution is 0.0520. The molecule has 0 aliphatic heterocycles. The van der Waals surface area contributed by atoms with Crippen molar-refractivity contribution in [2.45, 2.75) is 65.0 Å². The van der Waals surface area contributed by atoms with Crippen molar-refractivity contribution in [2.24, 2.45) is 0 Å². The molecule has 0 unspecified atom stereocenters. The summed E-state index contributed by atoms with van der Waals surface area (Å²) < 4.78 is 4.99. The van der Waals surface area contributed by atoms with Crippen LogP contribution < -0.4 is 0 Å². The third-order valence-electron chi connectivity index (χ3n) is 4.86. The van der Waals surface area contributed by atoms with Crippen LogP contribution in [0.5, 0.6) is 0 Å². The highest BCUT2D eigenvalue weighted by Crippen LogP contribution is 2.30. The van der Waals surface area contributed by atoms with Crippen LogP contribution in [0.25, 0.3) is 0 Å². The molecule has 150 valence electrons. The molecule has 0 atom stereocenters. The number of ether oxygens (including phenoxy) is 1. The van der Waals surface area contributed by atoms with Gasteiger partial charge in [-0.15, -0.1) is 11.3 Å². The number of nitrogens with zero attached hydrogens (tertiary/aromatic N) is 2. The van der Waals surface area contributed by atoms with Crippen LogP contribution in [0.1, 0.15) is 77.4 Å². The first kappa shape index (κ1) is 20.5. The monoisotopic (exact) mass is 400 g/mol. The number of aryl methyl sites for hydroxylation is 1. The predicted molar refractivity (Wildman–Crippen MR) is 111 cm³/mol. The van der Waals surface area contributed by atoms with E-state index >= 15 is 0 Å². The molecule has 1 aliphatic carbocycles. The minimum Gasteiger partial charge on any atom is -0.461 e. The summed E-state index contributed by atoms with van der Waals surface area (Å²) in [7, 11) is 0. The quantitative estimate of drug-likeness (QED) is 0.422. The lowest BCUT2D eigenvalue weighted by atomic mass is 10.0. The normalized spacial score (nSPS) is 13.4. The maximum atomic E-state index is 13.1. The molecule has 1 amide bonds. The van der Waals surface area contributed by atoms with Crippen molar-refractivity contribution in [3.8, 4) is 0 Å². The Kier molecular flexibility index (Phi) is 7.20. The molecule has 1 aromatic heterocycles. The highest BCUT2D eigenvalue weighted by atomic mass is 32.1. The Morgan fingerprint density at radius 3 is 2.57 bits per heavy atom. The van der Waals surface area contributed by atoms with Crippen molar-refractivity contribution in [3.05, 3.63) is 51.5 Å². The molecule has 1 aromatic carbocycles. The third kappa shape index (κ3) is 5.41. The summed E-state index contributed by atoms with van der Waals surface area (Å²) in [6.07, 6.45) is 6.74. The molecule has 1 fully saturated rings. The fourth-order valence-electron chi connectivity index (χ4n) is 3.14. The van der Waals surface area contributed by atoms with Gasteiger partial charge >= 0.3 is 5.97 Å². The van der Waals surface area contributed by atoms with Crippen molar-refractivity contribution in [3.63, 3.8) is 0 Å². The Balaban J connectivity index is 1.65. The Labute approximate surface area is 170 Å². The summed E-state index contributed by atoms with van der Waals surface area (Å²) in [6, 6.07) is 8.27. The van der Waals surface area contributed by atoms with Crippen LogP contribution in [-0.2, 0) is 17.7 Å². The third-order valence-corrected chi connectivity index (χ3v) is 5.69. The van der Waals surface area contributed by atoms with Crippen LogP contribution in [-0.4, -0.2) is 34.4 Å². The smallest absolute Gasteiger partial charge is 0.357 e. The van der Waals surface area contributed by atoms with Crippen LogP contribution in [0.4, 0.5) is 0 Å². The van der Waals surface area contributed by atoms with Gasteiger partial charge in [-0.2, -0.15) is 0 Å². The van der Waals surface area contributed by atoms with Crippen LogP contribution in [0.15, 0.2) is 29.6 Å². The number of rotatable bonds is 10. The Hall–Kier alpha value is -2.21. The number of aromatic nitrogens is 1. The number of thiazole rings is 1. The minimum absolute atomic E-state index is 0.0375. The standard InChI is InChI=1S/C22H28N2O3S/c1-3-5-6-7-16-8-10-17(11-9-16)21(25)24(18-12-13-18)14-20-23-19(15-28-20)22(26)27-4-2/h8-11,15,18H,3-7,12-14H2,1-2H3. The summed E-state index contributed by atoms with van der Waals surface area (Å²) in [5, 5.41) is 2.47. The number of carbonyl (C=O) groups is 2. The van der Waals surface area contributed by atoms with E-state index in [1.165, 1.54) is 36.2 Å². The average Bonchev–Trinajstić information content (AvgIpc) is 3.44. The van der Waals surface area contributed by atoms with Gasteiger partial charge in [0.1, 0.15) is 5.01 Å². The van der Waals surface area contributed by atoms with Gasteiger partial charge in [0, 0.05) is 17.0 Å². The summed E-state index contributed by atoms with van der Waals surface area (Å²) >= 11 is 1.40. The molecular formula is C22H28N2O3S. The van der Waals surface area contributed by atoms with E-state index < -0.39 is 5.97 Å². The molecule has 0 saturated heterocycles. The van der Waals surface area contributed by atoms with E-state index in [1.54, 1.807) is 12.3 Å². The highest BCUT2D eigenvalue weighted by molar-refractivity contribution is 7.09. The first-order valence-corrected chi connectivity index (χ1v) is 11.0. The second-order valence-electron chi connectivity index (χ2n) is 7.17. The van der Waals surface area contributed by atoms with Gasteiger partial charge in [-0.05, 0) is 50.3 Å². The van der Waals surface area contributed by atoms with Gasteiger partial charge in [-0.3, -0.25) is 4.79 Å². The molecule has 1 aliphatic rings. The SMILES string of the molecule is CCCCCc1ccc(C(=O)N(Cc2nc(C(=O)OCC)cs2)C2CC2)cc1. The van der Waals surface area contributed by atoms with E-state index in [0.717, 1.165) is 24.3 Å². The van der Waals surface area contributed by atoms with Crippen LogP contribution >= 0.6 is 11.3 Å². The Morgan fingerprint density at radius 1 is 1.18 bits per heavy atom. The molecule has 5 nitrogen and oxygen atoms in total. The summed E-state index contributed by atoms with van der Waals surface area (Å²) in [4.78, 5) is 31.1. The fourth-order valence-corrected chi connectivity index (χ4v) is 3.90. The number of amides is 1. The molecule has 0 spiro atoms. The average molecular weight is 401 g/mol. The molecule has 1 heterocycles. The Bertz CT molecular complexity index is 796. The zero-order chi connectivity index (χ0) is 19.9. The lowest BCUT2D eigenvalue weighted by Crippen LogP contribution is -2.32. The van der Waals surface area contributed by atoms with E-state index in [2.05, 4.69) is 24.0 Å². The van der Waals surface area contributed by atoms with E-state index in [-0.39, 0.29) is 11.9 Å². The van der Waals surface area contributed by atoms with Gasteiger partial charge in [-0.1, -0.05) is 31.9 Å². The minimum atomic E-state index is -0.409. The van der Waals surface area contributed by atoms with E-state index in [9.17, 15) is 9.59 Å². The molecule has 0 N–H and O–H groups in total. The lowest BCUT2D eigenvalue weighted by Gasteiger charge is -2.21. The van der Waals surface area contributed by atoms with Gasteiger partial charge < -0.3 is 9.64 Å². The van der Waals surface area contributed by atoms with Crippen LogP contribution in [0, 0.1) is 0 Å². The van der Waals surface area contributed by atoms with E-state index in [0.29, 0.717) is 24.4 Å². The van der Waals surface area contributed by atoms with Gasteiger partial charge in [0.2, 0.25) is 0 Å². The molecule has 28 heavy (non-hydrogen) atoms. The first-order valence-electron chi connectivity index (χ1n) is 10.1. The predicted octanol–water partition coefficient (Wildman–Crippen LogP) is 4.86. The van der Waals surface area contributed by atoms with Crippen LogP contribution in [0.2, 0.25) is 0 Å². The fraction of sp³-hybridized carbons (Fsp3) is 0.500. The highest BCUT2D eigenvalue weighted by Gasteiger charge is 2.33. The number of hydrogen-bond donors (Lipinski definition) is 0. The maximum absolute atomic E-state index is 13.1. The second-order valence-corrected chi connectivity index (χ2v) is 8.11. The van der Waals surface area contributed by atoms with Gasteiger partial charge in [0.05, 0.1) is 13.2 Å². The first-order chi connectivity index (χ1) is 13.6. The van der Waals surface area contributed by atoms with Gasteiger partial charge in [0.25, 0.3) is 5.91 Å². The Morgan fingerprint density at radius 2 is 1.93 bits per heavy atom. The maximum Gasteiger partial charge on any atom is 0.357 e. The zero-order valence-electron chi connectivity index (χ0n) is 16.6. The number of carbonyl (C=O) groups excluding carboxylic acids is 2. The summed E-state index contributed by atoms with van der Waals surface area (Å²) in [6.45, 7) is 4.73. The molecule has 2 aromatic rings. The van der Waals surface area contributed by atoms with Crippen LogP contribution in [0.3, 0.4) is 0 Å². The van der Waals surface area contributed by atoms with Crippen molar-refractivity contribution >= 4 is 23.2 Å². The number of hydrogen-bond acceptors (Lipinski definition) is 5. The topological polar surface area (TPSA) is 59.5 Å². The molecule has 6 heteroatoms. The van der Waals surface area contributed by atoms with Crippen molar-refractivity contribution in [2.75, 3.05) is 6.61 Å². The van der Waals surface area contributed by atoms with E-state index in [1.807, 2.05) is 17.0 Å². The van der Waals surface area contributed by atoms with E-state index in [4.69, 9.17) is 4.74 Å². The molecular weight excluding hydrogens is 372 g/mol. The molecule has 0 bridgehead atoms. The van der Waals surface area contributed by atoms with Crippen molar-refractivity contribution < 1.29 is 14.3 Å². The largest absolute Gasteiger partial charge is 0.461 e. The summed E-state index contributed by atoms with van der Waals surface area (Å²) in [5.41, 5.74) is 2.32. The molecule has 0 radical (unpaired) electrons. The molecule has 3 rings (SSSR count). The van der Waals surface area contributed by atoms with Crippen molar-refractivity contribution in [1.29, 1.82) is 0 Å². The number of benzene rings is 1. The second kappa shape index (κ2) is 9.82.